The Bertz CT molecular complexity index is 393. The van der Waals surface area contributed by atoms with Crippen molar-refractivity contribution in [3.05, 3.63) is 33.8 Å². The van der Waals surface area contributed by atoms with E-state index >= 15 is 0 Å². The van der Waals surface area contributed by atoms with E-state index in [1.807, 2.05) is 32.0 Å². The summed E-state index contributed by atoms with van der Waals surface area (Å²) in [5.41, 5.74) is 1.73. The summed E-state index contributed by atoms with van der Waals surface area (Å²) < 4.78 is 5.87. The summed E-state index contributed by atoms with van der Waals surface area (Å²) >= 11 is 3.39. The second-order valence-electron chi connectivity index (χ2n) is 4.02. The van der Waals surface area contributed by atoms with Crippen LogP contribution in [0.3, 0.4) is 0 Å². The topological polar surface area (TPSA) is 38.3 Å². The third-order valence-electron chi connectivity index (χ3n) is 2.56. The molecule has 0 radical (unpaired) electrons. The molecule has 4 heteroatoms. The summed E-state index contributed by atoms with van der Waals surface area (Å²) in [6.45, 7) is 4.52. The Kier molecular flexibility index (Phi) is 5.65. The summed E-state index contributed by atoms with van der Waals surface area (Å²) in [5.74, 6) is -0.0653. The van der Waals surface area contributed by atoms with Crippen LogP contribution in [0.25, 0.3) is 0 Å². The lowest BCUT2D eigenvalue weighted by molar-refractivity contribution is 0.0894. The summed E-state index contributed by atoms with van der Waals surface area (Å²) in [6, 6.07) is 5.79. The van der Waals surface area contributed by atoms with Gasteiger partial charge in [-0.25, -0.2) is 0 Å². The predicted molar refractivity (Wildman–Crippen MR) is 72.3 cm³/mol. The average Bonchev–Trinajstić information content (AvgIpc) is 2.31. The molecule has 1 rings (SSSR count). The lowest BCUT2D eigenvalue weighted by atomic mass is 10.1. The second kappa shape index (κ2) is 6.77. The molecule has 17 heavy (non-hydrogen) atoms. The number of ether oxygens (including phenoxy) is 1. The van der Waals surface area contributed by atoms with Crippen LogP contribution in [-0.4, -0.2) is 25.7 Å². The van der Waals surface area contributed by atoms with Crippen LogP contribution in [0.1, 0.15) is 29.3 Å². The van der Waals surface area contributed by atoms with E-state index in [-0.39, 0.29) is 11.9 Å². The van der Waals surface area contributed by atoms with Crippen molar-refractivity contribution >= 4 is 21.8 Å². The first-order valence-corrected chi connectivity index (χ1v) is 6.43. The maximum Gasteiger partial charge on any atom is 0.252 e. The van der Waals surface area contributed by atoms with Crippen LogP contribution in [0, 0.1) is 6.92 Å². The number of nitrogens with one attached hydrogen (secondary N) is 1. The highest BCUT2D eigenvalue weighted by Crippen LogP contribution is 2.18. The molecular weight excluding hydrogens is 282 g/mol. The highest BCUT2D eigenvalue weighted by Gasteiger charge is 2.14. The molecule has 1 N–H and O–H groups in total. The van der Waals surface area contributed by atoms with Crippen LogP contribution in [0.5, 0.6) is 0 Å². The molecule has 0 aliphatic heterocycles. The molecule has 3 nitrogen and oxygen atoms in total. The Morgan fingerprint density at radius 2 is 2.24 bits per heavy atom. The van der Waals surface area contributed by atoms with Crippen LogP contribution in [0.15, 0.2) is 22.7 Å². The monoisotopic (exact) mass is 299 g/mol. The second-order valence-corrected chi connectivity index (χ2v) is 4.87. The number of rotatable bonds is 5. The molecule has 1 atom stereocenters. The van der Waals surface area contributed by atoms with Gasteiger partial charge >= 0.3 is 0 Å². The van der Waals surface area contributed by atoms with Gasteiger partial charge in [-0.15, -0.1) is 0 Å². The minimum absolute atomic E-state index is 0.0555. The Labute approximate surface area is 111 Å². The van der Waals surface area contributed by atoms with Crippen LogP contribution < -0.4 is 5.32 Å². The van der Waals surface area contributed by atoms with Crippen LogP contribution in [0.4, 0.5) is 0 Å². The summed E-state index contributed by atoms with van der Waals surface area (Å²) in [6.07, 6.45) is 0.850. The summed E-state index contributed by atoms with van der Waals surface area (Å²) in [7, 11) is 1.64. The zero-order valence-corrected chi connectivity index (χ0v) is 12.0. The van der Waals surface area contributed by atoms with E-state index in [0.29, 0.717) is 12.2 Å². The Morgan fingerprint density at radius 1 is 1.53 bits per heavy atom. The van der Waals surface area contributed by atoms with Crippen molar-refractivity contribution in [2.24, 2.45) is 0 Å². The minimum Gasteiger partial charge on any atom is -0.383 e. The normalized spacial score (nSPS) is 12.2. The van der Waals surface area contributed by atoms with Crippen LogP contribution >= 0.6 is 15.9 Å². The molecular formula is C13H18BrNO2. The van der Waals surface area contributed by atoms with E-state index in [0.717, 1.165) is 16.5 Å². The van der Waals surface area contributed by atoms with Gasteiger partial charge in [-0.1, -0.05) is 18.6 Å². The van der Waals surface area contributed by atoms with Crippen molar-refractivity contribution in [1.82, 2.24) is 5.32 Å². The Balaban J connectivity index is 2.78. The van der Waals surface area contributed by atoms with Gasteiger partial charge in [0, 0.05) is 11.6 Å². The van der Waals surface area contributed by atoms with Gasteiger partial charge in [-0.3, -0.25) is 4.79 Å². The van der Waals surface area contributed by atoms with E-state index in [1.54, 1.807) is 7.11 Å². The van der Waals surface area contributed by atoms with E-state index in [4.69, 9.17) is 4.74 Å². The molecule has 0 aliphatic carbocycles. The highest BCUT2D eigenvalue weighted by atomic mass is 79.9. The Morgan fingerprint density at radius 3 is 2.82 bits per heavy atom. The zero-order chi connectivity index (χ0) is 12.8. The molecule has 0 bridgehead atoms. The van der Waals surface area contributed by atoms with Gasteiger partial charge in [0.2, 0.25) is 0 Å². The Hall–Kier alpha value is -0.870. The number of aryl methyl sites for hydroxylation is 1. The lowest BCUT2D eigenvalue weighted by Crippen LogP contribution is -2.37. The molecule has 0 heterocycles. The fourth-order valence-corrected chi connectivity index (χ4v) is 1.97. The van der Waals surface area contributed by atoms with Crippen molar-refractivity contribution in [3.63, 3.8) is 0 Å². The smallest absolute Gasteiger partial charge is 0.252 e. The molecule has 0 saturated heterocycles. The van der Waals surface area contributed by atoms with Gasteiger partial charge < -0.3 is 10.1 Å². The van der Waals surface area contributed by atoms with Crippen molar-refractivity contribution in [3.8, 4) is 0 Å². The molecule has 0 aromatic heterocycles. The number of carbonyl (C=O) groups excluding carboxylic acids is 1. The van der Waals surface area contributed by atoms with E-state index < -0.39 is 0 Å². The van der Waals surface area contributed by atoms with E-state index in [2.05, 4.69) is 21.2 Å². The predicted octanol–water partition coefficient (Wildman–Crippen LogP) is 2.91. The average molecular weight is 300 g/mol. The fraction of sp³-hybridized carbons (Fsp3) is 0.462. The van der Waals surface area contributed by atoms with Crippen molar-refractivity contribution in [2.45, 2.75) is 26.3 Å². The van der Waals surface area contributed by atoms with E-state index in [1.165, 1.54) is 0 Å². The maximum absolute atomic E-state index is 12.1. The fourth-order valence-electron chi connectivity index (χ4n) is 1.54. The maximum atomic E-state index is 12.1. The first kappa shape index (κ1) is 14.2. The largest absolute Gasteiger partial charge is 0.383 e. The molecule has 1 aromatic rings. The SMILES string of the molecule is CCC(COC)NC(=O)c1cc(C)ccc1Br. The number of carbonyl (C=O) groups is 1. The number of benzene rings is 1. The number of hydrogen-bond donors (Lipinski definition) is 1. The minimum atomic E-state index is -0.0653. The number of amides is 1. The molecule has 94 valence electrons. The molecule has 0 saturated carbocycles. The molecule has 1 unspecified atom stereocenters. The lowest BCUT2D eigenvalue weighted by Gasteiger charge is -2.16. The third kappa shape index (κ3) is 4.13. The third-order valence-corrected chi connectivity index (χ3v) is 3.25. The van der Waals surface area contributed by atoms with Crippen molar-refractivity contribution in [2.75, 3.05) is 13.7 Å². The quantitative estimate of drug-likeness (QED) is 0.908. The van der Waals surface area contributed by atoms with Gasteiger partial charge in [0.05, 0.1) is 18.2 Å². The molecule has 0 aliphatic rings. The molecule has 0 spiro atoms. The first-order chi connectivity index (χ1) is 8.08. The van der Waals surface area contributed by atoms with Crippen molar-refractivity contribution in [1.29, 1.82) is 0 Å². The van der Waals surface area contributed by atoms with Gasteiger partial charge in [0.25, 0.3) is 5.91 Å². The summed E-state index contributed by atoms with van der Waals surface area (Å²) in [4.78, 5) is 12.1. The van der Waals surface area contributed by atoms with Gasteiger partial charge in [0.15, 0.2) is 0 Å². The summed E-state index contributed by atoms with van der Waals surface area (Å²) in [5, 5.41) is 2.96. The van der Waals surface area contributed by atoms with Gasteiger partial charge in [0.1, 0.15) is 0 Å². The highest BCUT2D eigenvalue weighted by molar-refractivity contribution is 9.10. The van der Waals surface area contributed by atoms with Crippen molar-refractivity contribution < 1.29 is 9.53 Å². The molecule has 0 fully saturated rings. The molecule has 1 amide bonds. The zero-order valence-electron chi connectivity index (χ0n) is 10.4. The number of hydrogen-bond acceptors (Lipinski definition) is 2. The van der Waals surface area contributed by atoms with Crippen LogP contribution in [0.2, 0.25) is 0 Å². The van der Waals surface area contributed by atoms with E-state index in [9.17, 15) is 4.79 Å². The first-order valence-electron chi connectivity index (χ1n) is 5.64. The van der Waals surface area contributed by atoms with Gasteiger partial charge in [-0.2, -0.15) is 0 Å². The van der Waals surface area contributed by atoms with Gasteiger partial charge in [-0.05, 0) is 41.4 Å². The molecule has 1 aromatic carbocycles. The number of methoxy groups -OCH3 is 1. The van der Waals surface area contributed by atoms with Crippen LogP contribution in [-0.2, 0) is 4.74 Å². The number of halogens is 1. The standard InChI is InChI=1S/C13H18BrNO2/c1-4-10(8-17-3)15-13(16)11-7-9(2)5-6-12(11)14/h5-7,10H,4,8H2,1-3H3,(H,15,16).